The van der Waals surface area contributed by atoms with Crippen molar-refractivity contribution in [2.24, 2.45) is 0 Å². The van der Waals surface area contributed by atoms with Crippen LogP contribution in [-0.4, -0.2) is 35.8 Å². The molecule has 3 aromatic heterocycles. The van der Waals surface area contributed by atoms with Crippen LogP contribution in [0.15, 0.2) is 28.1 Å². The SMILES string of the molecule is COC[C@@H](C)NC(=O)c1cc(-c2cccs2)nc2onc(C)c12. The maximum absolute atomic E-state index is 12.7. The summed E-state index contributed by atoms with van der Waals surface area (Å²) in [5.41, 5.74) is 2.24. The second kappa shape index (κ2) is 6.47. The van der Waals surface area contributed by atoms with Crippen molar-refractivity contribution in [2.75, 3.05) is 13.7 Å². The van der Waals surface area contributed by atoms with Gasteiger partial charge < -0.3 is 14.6 Å². The van der Waals surface area contributed by atoms with Gasteiger partial charge in [-0.2, -0.15) is 0 Å². The third kappa shape index (κ3) is 3.11. The highest BCUT2D eigenvalue weighted by Gasteiger charge is 2.20. The van der Waals surface area contributed by atoms with Crippen LogP contribution in [0.5, 0.6) is 0 Å². The van der Waals surface area contributed by atoms with E-state index in [2.05, 4.69) is 15.5 Å². The van der Waals surface area contributed by atoms with E-state index >= 15 is 0 Å². The number of nitrogens with zero attached hydrogens (tertiary/aromatic N) is 2. The lowest BCUT2D eigenvalue weighted by molar-refractivity contribution is 0.0907. The molecule has 0 aliphatic rings. The van der Waals surface area contributed by atoms with Gasteiger partial charge in [0.1, 0.15) is 0 Å². The van der Waals surface area contributed by atoms with Gasteiger partial charge in [0.2, 0.25) is 0 Å². The Kier molecular flexibility index (Phi) is 4.40. The van der Waals surface area contributed by atoms with Gasteiger partial charge in [-0.3, -0.25) is 4.79 Å². The molecule has 1 amide bonds. The number of hydrogen-bond donors (Lipinski definition) is 1. The number of aromatic nitrogens is 2. The molecular formula is C16H17N3O3S. The van der Waals surface area contributed by atoms with E-state index in [4.69, 9.17) is 9.26 Å². The molecule has 0 radical (unpaired) electrons. The number of thiophene rings is 1. The van der Waals surface area contributed by atoms with E-state index in [9.17, 15) is 4.79 Å². The van der Waals surface area contributed by atoms with Crippen molar-refractivity contribution < 1.29 is 14.1 Å². The number of nitrogens with one attached hydrogen (secondary N) is 1. The van der Waals surface area contributed by atoms with Gasteiger partial charge in [0, 0.05) is 13.2 Å². The third-order valence-corrected chi connectivity index (χ3v) is 4.32. The quantitative estimate of drug-likeness (QED) is 0.777. The van der Waals surface area contributed by atoms with Crippen molar-refractivity contribution in [3.63, 3.8) is 0 Å². The van der Waals surface area contributed by atoms with E-state index < -0.39 is 0 Å². The average molecular weight is 331 g/mol. The molecule has 23 heavy (non-hydrogen) atoms. The molecule has 0 spiro atoms. The molecule has 7 heteroatoms. The Morgan fingerprint density at radius 3 is 3.04 bits per heavy atom. The zero-order chi connectivity index (χ0) is 16.4. The Hall–Kier alpha value is -2.25. The second-order valence-electron chi connectivity index (χ2n) is 5.31. The fourth-order valence-electron chi connectivity index (χ4n) is 2.42. The standard InChI is InChI=1S/C16H17N3O3S/c1-9(8-21-3)17-15(20)11-7-12(13-5-4-6-23-13)18-16-14(11)10(2)19-22-16/h4-7,9H,8H2,1-3H3,(H,17,20)/t9-/m1/s1. The van der Waals surface area contributed by atoms with Crippen LogP contribution in [0.25, 0.3) is 21.7 Å². The van der Waals surface area contributed by atoms with Gasteiger partial charge in [-0.05, 0) is 31.4 Å². The van der Waals surface area contributed by atoms with E-state index in [1.54, 1.807) is 31.4 Å². The molecule has 0 saturated carbocycles. The van der Waals surface area contributed by atoms with E-state index in [1.165, 1.54) is 0 Å². The summed E-state index contributed by atoms with van der Waals surface area (Å²) in [6, 6.07) is 5.59. The summed E-state index contributed by atoms with van der Waals surface area (Å²) in [5.74, 6) is -0.189. The summed E-state index contributed by atoms with van der Waals surface area (Å²) in [7, 11) is 1.60. The van der Waals surface area contributed by atoms with E-state index in [0.29, 0.717) is 34.7 Å². The molecule has 0 unspecified atom stereocenters. The van der Waals surface area contributed by atoms with Crippen molar-refractivity contribution in [1.29, 1.82) is 0 Å². The molecule has 6 nitrogen and oxygen atoms in total. The lowest BCUT2D eigenvalue weighted by Crippen LogP contribution is -2.35. The van der Waals surface area contributed by atoms with Crippen LogP contribution < -0.4 is 5.32 Å². The molecule has 1 atom stereocenters. The molecular weight excluding hydrogens is 314 g/mol. The number of pyridine rings is 1. The minimum atomic E-state index is -0.189. The Bertz CT molecular complexity index is 827. The smallest absolute Gasteiger partial charge is 0.259 e. The van der Waals surface area contributed by atoms with Gasteiger partial charge in [0.05, 0.1) is 33.8 Å². The molecule has 0 aliphatic carbocycles. The van der Waals surface area contributed by atoms with Crippen LogP contribution >= 0.6 is 11.3 Å². The maximum atomic E-state index is 12.7. The van der Waals surface area contributed by atoms with Gasteiger partial charge in [-0.25, -0.2) is 4.98 Å². The van der Waals surface area contributed by atoms with Gasteiger partial charge in [-0.15, -0.1) is 11.3 Å². The number of hydrogen-bond acceptors (Lipinski definition) is 6. The number of carbonyl (C=O) groups excluding carboxylic acids is 1. The van der Waals surface area contributed by atoms with Gasteiger partial charge in [-0.1, -0.05) is 11.2 Å². The van der Waals surface area contributed by atoms with Crippen molar-refractivity contribution in [3.05, 3.63) is 34.8 Å². The predicted molar refractivity (Wildman–Crippen MR) is 88.7 cm³/mol. The molecule has 3 heterocycles. The van der Waals surface area contributed by atoms with E-state index in [-0.39, 0.29) is 11.9 Å². The Labute approximate surface area is 137 Å². The molecule has 0 saturated heterocycles. The fourth-order valence-corrected chi connectivity index (χ4v) is 3.10. The first-order valence-corrected chi connectivity index (χ1v) is 8.09. The van der Waals surface area contributed by atoms with Crippen LogP contribution in [0.4, 0.5) is 0 Å². The predicted octanol–water partition coefficient (Wildman–Crippen LogP) is 3.02. The van der Waals surface area contributed by atoms with Crippen LogP contribution in [0.3, 0.4) is 0 Å². The highest BCUT2D eigenvalue weighted by atomic mass is 32.1. The number of amides is 1. The maximum Gasteiger partial charge on any atom is 0.259 e. The van der Waals surface area contributed by atoms with E-state index in [0.717, 1.165) is 4.88 Å². The number of rotatable bonds is 5. The van der Waals surface area contributed by atoms with Crippen LogP contribution in [-0.2, 0) is 4.74 Å². The number of carbonyl (C=O) groups is 1. The van der Waals surface area contributed by atoms with Gasteiger partial charge in [0.15, 0.2) is 0 Å². The number of ether oxygens (including phenoxy) is 1. The molecule has 3 rings (SSSR count). The first-order chi connectivity index (χ1) is 11.1. The van der Waals surface area contributed by atoms with Crippen molar-refractivity contribution >= 4 is 28.3 Å². The summed E-state index contributed by atoms with van der Waals surface area (Å²) < 4.78 is 10.3. The topological polar surface area (TPSA) is 77.2 Å². The number of methoxy groups -OCH3 is 1. The minimum Gasteiger partial charge on any atom is -0.383 e. The monoisotopic (exact) mass is 331 g/mol. The third-order valence-electron chi connectivity index (χ3n) is 3.43. The minimum absolute atomic E-state index is 0.0962. The van der Waals surface area contributed by atoms with Crippen molar-refractivity contribution in [1.82, 2.24) is 15.5 Å². The average Bonchev–Trinajstić information content (AvgIpc) is 3.17. The van der Waals surface area contributed by atoms with Crippen LogP contribution in [0.1, 0.15) is 23.0 Å². The lowest BCUT2D eigenvalue weighted by Gasteiger charge is -2.13. The van der Waals surface area contributed by atoms with E-state index in [1.807, 2.05) is 24.4 Å². The molecule has 0 fully saturated rings. The molecule has 0 aliphatic heterocycles. The molecule has 1 N–H and O–H groups in total. The van der Waals surface area contributed by atoms with Gasteiger partial charge in [0.25, 0.3) is 11.6 Å². The highest BCUT2D eigenvalue weighted by Crippen LogP contribution is 2.29. The van der Waals surface area contributed by atoms with Crippen LogP contribution in [0, 0.1) is 6.92 Å². The first kappa shape index (κ1) is 15.6. The largest absolute Gasteiger partial charge is 0.383 e. The Morgan fingerprint density at radius 2 is 2.35 bits per heavy atom. The fraction of sp³-hybridized carbons (Fsp3) is 0.312. The number of aryl methyl sites for hydroxylation is 1. The van der Waals surface area contributed by atoms with Gasteiger partial charge >= 0.3 is 0 Å². The summed E-state index contributed by atoms with van der Waals surface area (Å²) in [6.07, 6.45) is 0. The molecule has 120 valence electrons. The van der Waals surface area contributed by atoms with Crippen molar-refractivity contribution in [2.45, 2.75) is 19.9 Å². The first-order valence-electron chi connectivity index (χ1n) is 7.21. The second-order valence-corrected chi connectivity index (χ2v) is 6.26. The summed E-state index contributed by atoms with van der Waals surface area (Å²) >= 11 is 1.56. The molecule has 3 aromatic rings. The zero-order valence-corrected chi connectivity index (χ0v) is 13.9. The molecule has 0 aromatic carbocycles. The Morgan fingerprint density at radius 1 is 1.52 bits per heavy atom. The molecule has 0 bridgehead atoms. The lowest BCUT2D eigenvalue weighted by atomic mass is 10.1. The number of fused-ring (bicyclic) bond motifs is 1. The normalized spacial score (nSPS) is 12.5. The summed E-state index contributed by atoms with van der Waals surface area (Å²) in [6.45, 7) is 4.13. The highest BCUT2D eigenvalue weighted by molar-refractivity contribution is 7.13. The van der Waals surface area contributed by atoms with Crippen LogP contribution in [0.2, 0.25) is 0 Å². The zero-order valence-electron chi connectivity index (χ0n) is 13.1. The Balaban J connectivity index is 2.06. The van der Waals surface area contributed by atoms with Crippen molar-refractivity contribution in [3.8, 4) is 10.6 Å². The summed E-state index contributed by atoms with van der Waals surface area (Å²) in [5, 5.41) is 9.47. The summed E-state index contributed by atoms with van der Waals surface area (Å²) in [4.78, 5) is 18.1.